The molecule has 1 aromatic heterocycles. The Hall–Kier alpha value is -2.38. The number of ether oxygens (including phenoxy) is 2. The third-order valence-electron chi connectivity index (χ3n) is 4.02. The number of hydrogen-bond acceptors (Lipinski definition) is 7. The summed E-state index contributed by atoms with van der Waals surface area (Å²) in [5.41, 5.74) is 0.928. The Morgan fingerprint density at radius 3 is 2.76 bits per heavy atom. The first-order chi connectivity index (χ1) is 12.2. The Kier molecular flexibility index (Phi) is 6.03. The molecule has 0 aliphatic carbocycles. The van der Waals surface area contributed by atoms with Gasteiger partial charge < -0.3 is 20.1 Å². The zero-order chi connectivity index (χ0) is 17.5. The second-order valence-corrected chi connectivity index (χ2v) is 5.92. The fourth-order valence-electron chi connectivity index (χ4n) is 2.74. The molecule has 0 bridgehead atoms. The molecule has 2 aromatic rings. The molecule has 1 aromatic carbocycles. The van der Waals surface area contributed by atoms with Crippen LogP contribution in [0, 0.1) is 6.92 Å². The van der Waals surface area contributed by atoms with E-state index >= 15 is 0 Å². The smallest absolute Gasteiger partial charge is 0.136 e. The minimum Gasteiger partial charge on any atom is -0.497 e. The van der Waals surface area contributed by atoms with Crippen LogP contribution in [0.1, 0.15) is 5.82 Å². The van der Waals surface area contributed by atoms with E-state index in [0.717, 1.165) is 68.3 Å². The van der Waals surface area contributed by atoms with Gasteiger partial charge in [0, 0.05) is 44.0 Å². The van der Waals surface area contributed by atoms with Gasteiger partial charge in [0.15, 0.2) is 0 Å². The maximum absolute atomic E-state index is 5.37. The van der Waals surface area contributed by atoms with E-state index in [1.165, 1.54) is 0 Å². The standard InChI is InChI=1S/C18H25N5O2/c1-14-20-17(19-6-7-23-8-10-25-11-9-23)13-18(21-14)22-15-4-3-5-16(12-15)24-2/h3-5,12-13H,6-11H2,1-2H3,(H2,19,20,21,22). The number of aryl methyl sites for hydroxylation is 1. The molecule has 7 heteroatoms. The van der Waals surface area contributed by atoms with Gasteiger partial charge in [0.05, 0.1) is 20.3 Å². The molecule has 1 aliphatic heterocycles. The highest BCUT2D eigenvalue weighted by Crippen LogP contribution is 2.21. The van der Waals surface area contributed by atoms with E-state index in [2.05, 4.69) is 25.5 Å². The van der Waals surface area contributed by atoms with Gasteiger partial charge in [-0.05, 0) is 19.1 Å². The molecule has 0 amide bonds. The van der Waals surface area contributed by atoms with Crippen LogP contribution in [0.2, 0.25) is 0 Å². The number of aromatic nitrogens is 2. The lowest BCUT2D eigenvalue weighted by Crippen LogP contribution is -2.39. The molecule has 1 saturated heterocycles. The number of nitrogens with zero attached hydrogens (tertiary/aromatic N) is 3. The Morgan fingerprint density at radius 2 is 1.96 bits per heavy atom. The van der Waals surface area contributed by atoms with Gasteiger partial charge in [-0.3, -0.25) is 4.90 Å². The number of methoxy groups -OCH3 is 1. The van der Waals surface area contributed by atoms with Crippen molar-refractivity contribution < 1.29 is 9.47 Å². The quantitative estimate of drug-likeness (QED) is 0.799. The lowest BCUT2D eigenvalue weighted by molar-refractivity contribution is 0.0398. The molecular formula is C18H25N5O2. The van der Waals surface area contributed by atoms with Crippen molar-refractivity contribution in [2.24, 2.45) is 0 Å². The number of nitrogens with one attached hydrogen (secondary N) is 2. The van der Waals surface area contributed by atoms with Gasteiger partial charge in [-0.15, -0.1) is 0 Å². The predicted octanol–water partition coefficient (Wildman–Crippen LogP) is 2.28. The Bertz CT molecular complexity index is 689. The molecule has 0 spiro atoms. The Morgan fingerprint density at radius 1 is 1.16 bits per heavy atom. The molecule has 2 N–H and O–H groups in total. The minimum atomic E-state index is 0.724. The summed E-state index contributed by atoms with van der Waals surface area (Å²) in [5.74, 6) is 3.11. The van der Waals surface area contributed by atoms with Gasteiger partial charge in [0.2, 0.25) is 0 Å². The molecule has 3 rings (SSSR count). The average Bonchev–Trinajstić information content (AvgIpc) is 2.62. The molecule has 0 unspecified atom stereocenters. The number of anilines is 3. The summed E-state index contributed by atoms with van der Waals surface area (Å²) in [4.78, 5) is 11.3. The van der Waals surface area contributed by atoms with E-state index < -0.39 is 0 Å². The van der Waals surface area contributed by atoms with Gasteiger partial charge in [0.1, 0.15) is 23.2 Å². The molecule has 0 radical (unpaired) electrons. The third-order valence-corrected chi connectivity index (χ3v) is 4.02. The highest BCUT2D eigenvalue weighted by atomic mass is 16.5. The fraction of sp³-hybridized carbons (Fsp3) is 0.444. The largest absolute Gasteiger partial charge is 0.497 e. The second-order valence-electron chi connectivity index (χ2n) is 5.92. The van der Waals surface area contributed by atoms with E-state index in [0.29, 0.717) is 0 Å². The van der Waals surface area contributed by atoms with Crippen LogP contribution in [0.15, 0.2) is 30.3 Å². The number of hydrogen-bond donors (Lipinski definition) is 2. The first-order valence-corrected chi connectivity index (χ1v) is 8.54. The van der Waals surface area contributed by atoms with Crippen LogP contribution in [0.4, 0.5) is 17.3 Å². The van der Waals surface area contributed by atoms with Crippen LogP contribution >= 0.6 is 0 Å². The lowest BCUT2D eigenvalue weighted by Gasteiger charge is -2.26. The van der Waals surface area contributed by atoms with Crippen molar-refractivity contribution in [2.75, 3.05) is 57.1 Å². The molecular weight excluding hydrogens is 318 g/mol. The van der Waals surface area contributed by atoms with Crippen molar-refractivity contribution in [3.05, 3.63) is 36.2 Å². The maximum Gasteiger partial charge on any atom is 0.136 e. The van der Waals surface area contributed by atoms with Crippen LogP contribution in [0.3, 0.4) is 0 Å². The summed E-state index contributed by atoms with van der Waals surface area (Å²) < 4.78 is 10.6. The van der Waals surface area contributed by atoms with Crippen LogP contribution in [-0.4, -0.2) is 61.4 Å². The Labute approximate surface area is 148 Å². The van der Waals surface area contributed by atoms with E-state index in [4.69, 9.17) is 9.47 Å². The van der Waals surface area contributed by atoms with E-state index in [1.54, 1.807) is 7.11 Å². The van der Waals surface area contributed by atoms with Crippen LogP contribution in [0.5, 0.6) is 5.75 Å². The monoisotopic (exact) mass is 343 g/mol. The summed E-state index contributed by atoms with van der Waals surface area (Å²) in [5, 5.41) is 6.68. The summed E-state index contributed by atoms with van der Waals surface area (Å²) >= 11 is 0. The van der Waals surface area contributed by atoms with E-state index in [1.807, 2.05) is 37.3 Å². The topological polar surface area (TPSA) is 71.5 Å². The fourth-order valence-corrected chi connectivity index (χ4v) is 2.74. The zero-order valence-electron chi connectivity index (χ0n) is 14.8. The van der Waals surface area contributed by atoms with Crippen molar-refractivity contribution in [2.45, 2.75) is 6.92 Å². The molecule has 0 saturated carbocycles. The highest BCUT2D eigenvalue weighted by Gasteiger charge is 2.10. The normalized spacial score (nSPS) is 15.0. The molecule has 1 fully saturated rings. The molecule has 2 heterocycles. The van der Waals surface area contributed by atoms with Gasteiger partial charge in [0.25, 0.3) is 0 Å². The third kappa shape index (κ3) is 5.30. The highest BCUT2D eigenvalue weighted by molar-refractivity contribution is 5.60. The summed E-state index contributed by atoms with van der Waals surface area (Å²) in [7, 11) is 1.66. The molecule has 25 heavy (non-hydrogen) atoms. The molecule has 1 aliphatic rings. The predicted molar refractivity (Wildman–Crippen MR) is 98.8 cm³/mol. The summed E-state index contributed by atoms with van der Waals surface area (Å²) in [6.45, 7) is 7.34. The minimum absolute atomic E-state index is 0.724. The lowest BCUT2D eigenvalue weighted by atomic mass is 10.3. The van der Waals surface area contributed by atoms with Crippen molar-refractivity contribution in [1.82, 2.24) is 14.9 Å². The maximum atomic E-state index is 5.37. The zero-order valence-corrected chi connectivity index (χ0v) is 14.8. The van der Waals surface area contributed by atoms with Gasteiger partial charge in [-0.2, -0.15) is 0 Å². The number of morpholine rings is 1. The molecule has 7 nitrogen and oxygen atoms in total. The molecule has 0 atom stereocenters. The number of rotatable bonds is 7. The summed E-state index contributed by atoms with van der Waals surface area (Å²) in [6.07, 6.45) is 0. The van der Waals surface area contributed by atoms with E-state index in [-0.39, 0.29) is 0 Å². The van der Waals surface area contributed by atoms with E-state index in [9.17, 15) is 0 Å². The van der Waals surface area contributed by atoms with Crippen LogP contribution in [-0.2, 0) is 4.74 Å². The van der Waals surface area contributed by atoms with Crippen molar-refractivity contribution in [3.8, 4) is 5.75 Å². The second kappa shape index (κ2) is 8.64. The van der Waals surface area contributed by atoms with Crippen molar-refractivity contribution in [3.63, 3.8) is 0 Å². The van der Waals surface area contributed by atoms with Gasteiger partial charge in [-0.25, -0.2) is 9.97 Å². The summed E-state index contributed by atoms with van der Waals surface area (Å²) in [6, 6.07) is 9.69. The first-order valence-electron chi connectivity index (χ1n) is 8.54. The Balaban J connectivity index is 1.59. The van der Waals surface area contributed by atoms with Crippen molar-refractivity contribution in [1.29, 1.82) is 0 Å². The van der Waals surface area contributed by atoms with Crippen molar-refractivity contribution >= 4 is 17.3 Å². The molecule has 134 valence electrons. The van der Waals surface area contributed by atoms with Crippen LogP contribution < -0.4 is 15.4 Å². The van der Waals surface area contributed by atoms with Crippen LogP contribution in [0.25, 0.3) is 0 Å². The SMILES string of the molecule is COc1cccc(Nc2cc(NCCN3CCOCC3)nc(C)n2)c1. The van der Waals surface area contributed by atoms with Gasteiger partial charge >= 0.3 is 0 Å². The van der Waals surface area contributed by atoms with Gasteiger partial charge in [-0.1, -0.05) is 6.07 Å². The average molecular weight is 343 g/mol. The first kappa shape index (κ1) is 17.4. The number of benzene rings is 1.